The molecule has 0 aliphatic heterocycles. The summed E-state index contributed by atoms with van der Waals surface area (Å²) in [5, 5.41) is 11.7. The van der Waals surface area contributed by atoms with Crippen molar-refractivity contribution in [3.8, 4) is 6.07 Å². The lowest BCUT2D eigenvalue weighted by Crippen LogP contribution is -1.98. The molecule has 98 valence electrons. The predicted molar refractivity (Wildman–Crippen MR) is 82.1 cm³/mol. The molecule has 0 aliphatic carbocycles. The van der Waals surface area contributed by atoms with Crippen molar-refractivity contribution >= 4 is 32.7 Å². The Hall–Kier alpha value is -3.19. The molecule has 0 radical (unpaired) electrons. The first kappa shape index (κ1) is 11.6. The highest BCUT2D eigenvalue weighted by molar-refractivity contribution is 6.15. The summed E-state index contributed by atoms with van der Waals surface area (Å²) in [6.07, 6.45) is 0. The standard InChI is InChI=1S/C17H9N3O/c18-9-10-5-6-15-13(7-10)17-12(8-16(21)19-15)11-3-1-2-4-14(11)20-17/h1-8,20H. The Morgan fingerprint density at radius 3 is 2.71 bits per heavy atom. The lowest BCUT2D eigenvalue weighted by molar-refractivity contribution is 1.33. The summed E-state index contributed by atoms with van der Waals surface area (Å²) in [6.45, 7) is 0. The van der Waals surface area contributed by atoms with E-state index >= 15 is 0 Å². The zero-order valence-electron chi connectivity index (χ0n) is 10.9. The van der Waals surface area contributed by atoms with Gasteiger partial charge in [-0.1, -0.05) is 18.2 Å². The summed E-state index contributed by atoms with van der Waals surface area (Å²) in [5.41, 5.74) is 2.63. The van der Waals surface area contributed by atoms with Crippen LogP contribution in [0.1, 0.15) is 5.56 Å². The number of para-hydroxylation sites is 1. The molecule has 1 N–H and O–H groups in total. The Balaban J connectivity index is 2.37. The first-order valence-corrected chi connectivity index (χ1v) is 6.52. The number of H-pyrrole nitrogens is 1. The number of fused-ring (bicyclic) bond motifs is 5. The van der Waals surface area contributed by atoms with E-state index < -0.39 is 0 Å². The van der Waals surface area contributed by atoms with Crippen LogP contribution in [-0.2, 0) is 0 Å². The van der Waals surface area contributed by atoms with Crippen molar-refractivity contribution in [2.24, 2.45) is 0 Å². The van der Waals surface area contributed by atoms with Crippen LogP contribution in [0.4, 0.5) is 0 Å². The molecular weight excluding hydrogens is 262 g/mol. The van der Waals surface area contributed by atoms with Gasteiger partial charge in [0.25, 0.3) is 5.56 Å². The van der Waals surface area contributed by atoms with E-state index in [1.807, 2.05) is 24.3 Å². The molecule has 4 rings (SSSR count). The molecule has 4 nitrogen and oxygen atoms in total. The molecule has 21 heavy (non-hydrogen) atoms. The summed E-state index contributed by atoms with van der Waals surface area (Å²) in [7, 11) is 0. The number of rotatable bonds is 0. The number of nitriles is 1. The maximum Gasteiger partial charge on any atom is 0.270 e. The molecule has 0 atom stereocenters. The molecule has 0 fully saturated rings. The van der Waals surface area contributed by atoms with E-state index in [1.54, 1.807) is 24.3 Å². The normalized spacial score (nSPS) is 11.0. The third-order valence-corrected chi connectivity index (χ3v) is 3.64. The summed E-state index contributed by atoms with van der Waals surface area (Å²) in [6, 6.07) is 16.6. The number of hydrogen-bond acceptors (Lipinski definition) is 3. The third-order valence-electron chi connectivity index (χ3n) is 3.64. The van der Waals surface area contributed by atoms with Gasteiger partial charge in [-0.25, -0.2) is 4.98 Å². The average molecular weight is 271 g/mol. The predicted octanol–water partition coefficient (Wildman–Crippen LogP) is 3.10. The van der Waals surface area contributed by atoms with Crippen molar-refractivity contribution in [1.29, 1.82) is 5.26 Å². The van der Waals surface area contributed by atoms with Crippen LogP contribution < -0.4 is 5.56 Å². The number of nitrogens with zero attached hydrogens (tertiary/aromatic N) is 2. The molecule has 0 unspecified atom stereocenters. The molecule has 0 saturated heterocycles. The number of aromatic amines is 1. The van der Waals surface area contributed by atoms with E-state index in [2.05, 4.69) is 16.0 Å². The lowest BCUT2D eigenvalue weighted by atomic mass is 10.1. The van der Waals surface area contributed by atoms with Crippen LogP contribution in [-0.4, -0.2) is 9.97 Å². The fourth-order valence-electron chi connectivity index (χ4n) is 2.70. The molecule has 4 aromatic rings. The summed E-state index contributed by atoms with van der Waals surface area (Å²) < 4.78 is 0. The maximum atomic E-state index is 12.0. The highest BCUT2D eigenvalue weighted by Gasteiger charge is 2.08. The van der Waals surface area contributed by atoms with Crippen molar-refractivity contribution < 1.29 is 0 Å². The van der Waals surface area contributed by atoms with E-state index in [0.717, 1.165) is 27.2 Å². The van der Waals surface area contributed by atoms with Crippen LogP contribution in [0.15, 0.2) is 53.3 Å². The highest BCUT2D eigenvalue weighted by atomic mass is 16.1. The zero-order valence-corrected chi connectivity index (χ0v) is 10.9. The van der Waals surface area contributed by atoms with Crippen LogP contribution in [0.2, 0.25) is 0 Å². The Labute approximate surface area is 119 Å². The summed E-state index contributed by atoms with van der Waals surface area (Å²) in [5.74, 6) is 0. The average Bonchev–Trinajstić information content (AvgIpc) is 2.79. The Morgan fingerprint density at radius 1 is 1.00 bits per heavy atom. The van der Waals surface area contributed by atoms with Gasteiger partial charge in [-0.2, -0.15) is 5.26 Å². The molecular formula is C17H9N3O. The second kappa shape index (κ2) is 4.15. The molecule has 0 amide bonds. The number of aromatic nitrogens is 2. The molecule has 2 heterocycles. The third kappa shape index (κ3) is 1.68. The Kier molecular flexibility index (Phi) is 2.30. The van der Waals surface area contributed by atoms with E-state index in [-0.39, 0.29) is 5.56 Å². The van der Waals surface area contributed by atoms with Gasteiger partial charge in [0.05, 0.1) is 22.7 Å². The van der Waals surface area contributed by atoms with Crippen molar-refractivity contribution in [3.05, 3.63) is 64.4 Å². The van der Waals surface area contributed by atoms with Gasteiger partial charge in [0, 0.05) is 27.7 Å². The zero-order chi connectivity index (χ0) is 14.4. The van der Waals surface area contributed by atoms with Crippen molar-refractivity contribution in [2.75, 3.05) is 0 Å². The van der Waals surface area contributed by atoms with Gasteiger partial charge in [0.2, 0.25) is 0 Å². The van der Waals surface area contributed by atoms with Crippen LogP contribution in [0.3, 0.4) is 0 Å². The Bertz CT molecular complexity index is 1120. The molecule has 2 aromatic heterocycles. The minimum absolute atomic E-state index is 0.288. The van der Waals surface area contributed by atoms with Gasteiger partial charge in [0.15, 0.2) is 0 Å². The lowest BCUT2D eigenvalue weighted by Gasteiger charge is -1.94. The monoisotopic (exact) mass is 271 g/mol. The number of nitrogens with one attached hydrogen (secondary N) is 1. The number of hydrogen-bond donors (Lipinski definition) is 1. The molecule has 0 bridgehead atoms. The second-order valence-corrected chi connectivity index (χ2v) is 4.90. The van der Waals surface area contributed by atoms with E-state index in [4.69, 9.17) is 5.26 Å². The fourth-order valence-corrected chi connectivity index (χ4v) is 2.70. The van der Waals surface area contributed by atoms with Gasteiger partial charge < -0.3 is 4.98 Å². The molecule has 2 aromatic carbocycles. The summed E-state index contributed by atoms with van der Waals surface area (Å²) in [4.78, 5) is 19.4. The second-order valence-electron chi connectivity index (χ2n) is 4.90. The van der Waals surface area contributed by atoms with Crippen LogP contribution >= 0.6 is 0 Å². The van der Waals surface area contributed by atoms with Gasteiger partial charge in [-0.15, -0.1) is 0 Å². The summed E-state index contributed by atoms with van der Waals surface area (Å²) >= 11 is 0. The van der Waals surface area contributed by atoms with E-state index in [1.165, 1.54) is 0 Å². The van der Waals surface area contributed by atoms with E-state index in [9.17, 15) is 4.79 Å². The van der Waals surface area contributed by atoms with Crippen molar-refractivity contribution in [1.82, 2.24) is 9.97 Å². The minimum Gasteiger partial charge on any atom is -0.354 e. The molecule has 0 saturated carbocycles. The minimum atomic E-state index is -0.288. The van der Waals surface area contributed by atoms with Crippen LogP contribution in [0.5, 0.6) is 0 Å². The van der Waals surface area contributed by atoms with Gasteiger partial charge >= 0.3 is 0 Å². The van der Waals surface area contributed by atoms with Gasteiger partial charge in [-0.05, 0) is 24.3 Å². The SMILES string of the molecule is N#Cc1ccc2nc(=O)cc3c4ccccc4[nH]c3c2c1. The quantitative estimate of drug-likeness (QED) is 0.534. The number of benzene rings is 2. The van der Waals surface area contributed by atoms with Crippen molar-refractivity contribution in [3.63, 3.8) is 0 Å². The topological polar surface area (TPSA) is 69.5 Å². The van der Waals surface area contributed by atoms with Gasteiger partial charge in [0.1, 0.15) is 0 Å². The molecule has 4 heteroatoms. The highest BCUT2D eigenvalue weighted by Crippen LogP contribution is 2.28. The molecule has 0 aliphatic rings. The fraction of sp³-hybridized carbons (Fsp3) is 0. The molecule has 0 spiro atoms. The van der Waals surface area contributed by atoms with E-state index in [0.29, 0.717) is 11.1 Å². The Morgan fingerprint density at radius 2 is 1.86 bits per heavy atom. The smallest absolute Gasteiger partial charge is 0.270 e. The van der Waals surface area contributed by atoms with Crippen LogP contribution in [0.25, 0.3) is 32.7 Å². The van der Waals surface area contributed by atoms with Crippen molar-refractivity contribution in [2.45, 2.75) is 0 Å². The first-order valence-electron chi connectivity index (χ1n) is 6.52. The van der Waals surface area contributed by atoms with Gasteiger partial charge in [-0.3, -0.25) is 4.79 Å². The van der Waals surface area contributed by atoms with Crippen LogP contribution in [0, 0.1) is 11.3 Å². The largest absolute Gasteiger partial charge is 0.354 e. The maximum absolute atomic E-state index is 12.0. The first-order chi connectivity index (χ1) is 10.3.